The van der Waals surface area contributed by atoms with Crippen LogP contribution >= 0.6 is 0 Å². The molecule has 0 atom stereocenters. The Labute approximate surface area is 192 Å². The number of benzene rings is 3. The van der Waals surface area contributed by atoms with E-state index >= 15 is 0 Å². The van der Waals surface area contributed by atoms with Gasteiger partial charge in [-0.1, -0.05) is 36.4 Å². The minimum atomic E-state index is -3.73. The van der Waals surface area contributed by atoms with Crippen molar-refractivity contribution in [2.24, 2.45) is 0 Å². The zero-order valence-corrected chi connectivity index (χ0v) is 18.7. The lowest BCUT2D eigenvalue weighted by Gasteiger charge is -2.36. The molecule has 170 valence electrons. The maximum atomic E-state index is 13.9. The van der Waals surface area contributed by atoms with Crippen molar-refractivity contribution in [3.8, 4) is 6.07 Å². The highest BCUT2D eigenvalue weighted by Crippen LogP contribution is 2.24. The molecule has 3 aromatic rings. The van der Waals surface area contributed by atoms with E-state index in [-0.39, 0.29) is 29.3 Å². The number of nitriles is 1. The molecule has 1 heterocycles. The third kappa shape index (κ3) is 4.97. The second-order valence-corrected chi connectivity index (χ2v) is 9.54. The van der Waals surface area contributed by atoms with E-state index in [1.807, 2.05) is 35.2 Å². The number of amides is 1. The van der Waals surface area contributed by atoms with Crippen molar-refractivity contribution in [3.63, 3.8) is 0 Å². The van der Waals surface area contributed by atoms with Gasteiger partial charge in [-0.2, -0.15) is 5.26 Å². The predicted octanol–water partition coefficient (Wildman–Crippen LogP) is 2.87. The summed E-state index contributed by atoms with van der Waals surface area (Å²) in [5, 5.41) is 11.0. The number of carbonyl (C=O) groups is 1. The molecule has 1 fully saturated rings. The van der Waals surface area contributed by atoms with Gasteiger partial charge in [0, 0.05) is 39.1 Å². The molecule has 1 aliphatic heterocycles. The van der Waals surface area contributed by atoms with Crippen molar-refractivity contribution in [2.75, 3.05) is 37.6 Å². The maximum absolute atomic E-state index is 13.9. The molecule has 7 nitrogen and oxygen atoms in total. The number of carbonyl (C=O) groups excluding carboxylic acids is 1. The second-order valence-electron chi connectivity index (χ2n) is 7.77. The lowest BCUT2D eigenvalue weighted by atomic mass is 10.1. The molecule has 1 amide bonds. The highest BCUT2D eigenvalue weighted by atomic mass is 32.2. The van der Waals surface area contributed by atoms with Gasteiger partial charge in [-0.05, 0) is 35.0 Å². The molecular weight excluding hydrogens is 443 g/mol. The van der Waals surface area contributed by atoms with Crippen LogP contribution in [0, 0.1) is 17.1 Å². The SMILES string of the molecule is N#Cc1c(F)cccc1N1CCN(C(=O)CCNS(=O)(=O)c2ccc3ccccc3c2)CC1. The number of rotatable bonds is 6. The fourth-order valence-electron chi connectivity index (χ4n) is 3.95. The van der Waals surface area contributed by atoms with Crippen LogP contribution in [0.2, 0.25) is 0 Å². The standard InChI is InChI=1S/C24H23FN4O3S/c25-22-6-3-7-23(21(22)17-26)28-12-14-29(15-13-28)24(30)10-11-27-33(31,32)20-9-8-18-4-1-2-5-19(18)16-20/h1-9,16,27H,10-15H2. The van der Waals surface area contributed by atoms with Gasteiger partial charge >= 0.3 is 0 Å². The summed E-state index contributed by atoms with van der Waals surface area (Å²) in [6, 6.07) is 18.8. The van der Waals surface area contributed by atoms with Crippen LogP contribution in [0.1, 0.15) is 12.0 Å². The Hall–Kier alpha value is -3.48. The van der Waals surface area contributed by atoms with E-state index in [0.29, 0.717) is 31.9 Å². The third-order valence-electron chi connectivity index (χ3n) is 5.74. The lowest BCUT2D eigenvalue weighted by Crippen LogP contribution is -2.49. The molecule has 0 saturated carbocycles. The Balaban J connectivity index is 1.31. The molecule has 3 aromatic carbocycles. The van der Waals surface area contributed by atoms with Gasteiger partial charge in [0.1, 0.15) is 17.4 Å². The van der Waals surface area contributed by atoms with E-state index in [0.717, 1.165) is 10.8 Å². The maximum Gasteiger partial charge on any atom is 0.240 e. The molecule has 33 heavy (non-hydrogen) atoms. The average molecular weight is 467 g/mol. The van der Waals surface area contributed by atoms with Crippen molar-refractivity contribution >= 4 is 32.4 Å². The summed E-state index contributed by atoms with van der Waals surface area (Å²) in [6.45, 7) is 1.76. The molecule has 9 heteroatoms. The van der Waals surface area contributed by atoms with E-state index in [4.69, 9.17) is 0 Å². The van der Waals surface area contributed by atoms with Gasteiger partial charge in [0.2, 0.25) is 15.9 Å². The average Bonchev–Trinajstić information content (AvgIpc) is 2.83. The quantitative estimate of drug-likeness (QED) is 0.603. The zero-order chi connectivity index (χ0) is 23.4. The van der Waals surface area contributed by atoms with Crippen LogP contribution in [-0.4, -0.2) is 51.9 Å². The molecule has 0 bridgehead atoms. The van der Waals surface area contributed by atoms with Crippen molar-refractivity contribution in [1.29, 1.82) is 5.26 Å². The molecule has 1 N–H and O–H groups in total. The molecule has 4 rings (SSSR count). The van der Waals surface area contributed by atoms with E-state index in [2.05, 4.69) is 4.72 Å². The number of halogens is 1. The number of nitrogens with one attached hydrogen (secondary N) is 1. The number of sulfonamides is 1. The van der Waals surface area contributed by atoms with Gasteiger partial charge in [0.15, 0.2) is 0 Å². The van der Waals surface area contributed by atoms with Crippen molar-refractivity contribution in [2.45, 2.75) is 11.3 Å². The van der Waals surface area contributed by atoms with Crippen LogP contribution in [0.4, 0.5) is 10.1 Å². The Kier molecular flexibility index (Phi) is 6.58. The molecule has 0 aliphatic carbocycles. The molecular formula is C24H23FN4O3S. The summed E-state index contributed by atoms with van der Waals surface area (Å²) >= 11 is 0. The van der Waals surface area contributed by atoms with Gasteiger partial charge in [0.05, 0.1) is 10.6 Å². The minimum absolute atomic E-state index is 0.000346. The zero-order valence-electron chi connectivity index (χ0n) is 17.9. The van der Waals surface area contributed by atoms with Crippen LogP contribution in [-0.2, 0) is 14.8 Å². The van der Waals surface area contributed by atoms with Crippen LogP contribution in [0.15, 0.2) is 65.6 Å². The number of hydrogen-bond donors (Lipinski definition) is 1. The molecule has 1 aliphatic rings. The summed E-state index contributed by atoms with van der Waals surface area (Å²) in [7, 11) is -3.73. The monoisotopic (exact) mass is 466 g/mol. The summed E-state index contributed by atoms with van der Waals surface area (Å²) in [5.74, 6) is -0.720. The van der Waals surface area contributed by atoms with Crippen molar-refractivity contribution in [3.05, 3.63) is 72.0 Å². The van der Waals surface area contributed by atoms with Crippen LogP contribution < -0.4 is 9.62 Å². The summed E-state index contributed by atoms with van der Waals surface area (Å²) in [6.07, 6.45) is 0.0379. The van der Waals surface area contributed by atoms with Gasteiger partial charge in [-0.3, -0.25) is 4.79 Å². The molecule has 1 saturated heterocycles. The number of nitrogens with zero attached hydrogens (tertiary/aromatic N) is 3. The highest BCUT2D eigenvalue weighted by molar-refractivity contribution is 7.89. The largest absolute Gasteiger partial charge is 0.367 e. The predicted molar refractivity (Wildman–Crippen MR) is 124 cm³/mol. The Morgan fingerprint density at radius 2 is 1.73 bits per heavy atom. The Morgan fingerprint density at radius 3 is 2.45 bits per heavy atom. The van der Waals surface area contributed by atoms with Gasteiger partial charge in [-0.15, -0.1) is 0 Å². The number of piperazine rings is 1. The van der Waals surface area contributed by atoms with E-state index in [1.165, 1.54) is 6.07 Å². The van der Waals surface area contributed by atoms with Gasteiger partial charge in [0.25, 0.3) is 0 Å². The van der Waals surface area contributed by atoms with Crippen LogP contribution in [0.5, 0.6) is 0 Å². The number of anilines is 1. The van der Waals surface area contributed by atoms with Crippen LogP contribution in [0.25, 0.3) is 10.8 Å². The normalized spacial score (nSPS) is 14.3. The second kappa shape index (κ2) is 9.57. The fourth-order valence-corrected chi connectivity index (χ4v) is 5.02. The molecule has 0 spiro atoms. The molecule has 0 unspecified atom stereocenters. The minimum Gasteiger partial charge on any atom is -0.367 e. The fraction of sp³-hybridized carbons (Fsp3) is 0.250. The van der Waals surface area contributed by atoms with Crippen molar-refractivity contribution in [1.82, 2.24) is 9.62 Å². The Bertz CT molecular complexity index is 1330. The highest BCUT2D eigenvalue weighted by Gasteiger charge is 2.24. The molecule has 0 radical (unpaired) electrons. The lowest BCUT2D eigenvalue weighted by molar-refractivity contribution is -0.131. The third-order valence-corrected chi connectivity index (χ3v) is 7.20. The van der Waals surface area contributed by atoms with Gasteiger partial charge < -0.3 is 9.80 Å². The van der Waals surface area contributed by atoms with Crippen molar-refractivity contribution < 1.29 is 17.6 Å². The van der Waals surface area contributed by atoms with Crippen LogP contribution in [0.3, 0.4) is 0 Å². The summed E-state index contributed by atoms with van der Waals surface area (Å²) < 4.78 is 41.6. The Morgan fingerprint density at radius 1 is 1.00 bits per heavy atom. The smallest absolute Gasteiger partial charge is 0.240 e. The topological polar surface area (TPSA) is 93.5 Å². The summed E-state index contributed by atoms with van der Waals surface area (Å²) in [4.78, 5) is 16.3. The first kappa shape index (κ1) is 22.7. The van der Waals surface area contributed by atoms with E-state index in [9.17, 15) is 22.9 Å². The number of hydrogen-bond acceptors (Lipinski definition) is 5. The first-order valence-corrected chi connectivity index (χ1v) is 12.1. The summed E-state index contributed by atoms with van der Waals surface area (Å²) in [5.41, 5.74) is 0.521. The van der Waals surface area contributed by atoms with E-state index in [1.54, 1.807) is 35.2 Å². The van der Waals surface area contributed by atoms with E-state index < -0.39 is 15.8 Å². The van der Waals surface area contributed by atoms with Gasteiger partial charge in [-0.25, -0.2) is 17.5 Å². The first-order valence-electron chi connectivity index (χ1n) is 10.6. The first-order chi connectivity index (χ1) is 15.9. The molecule has 0 aromatic heterocycles. The number of fused-ring (bicyclic) bond motifs is 1.